The number of halogens is 2. The monoisotopic (exact) mass is 329 g/mol. The maximum Gasteiger partial charge on any atom is 0.181 e. The third-order valence-corrected chi connectivity index (χ3v) is 3.41. The Morgan fingerprint density at radius 3 is 2.70 bits per heavy atom. The van der Waals surface area contributed by atoms with Crippen molar-refractivity contribution in [1.29, 1.82) is 0 Å². The number of tetrazole rings is 1. The molecule has 0 aliphatic rings. The molecule has 0 saturated heterocycles. The smallest absolute Gasteiger partial charge is 0.181 e. The number of aryl methyl sites for hydroxylation is 1. The van der Waals surface area contributed by atoms with Gasteiger partial charge in [0.2, 0.25) is 0 Å². The van der Waals surface area contributed by atoms with Gasteiger partial charge in [-0.05, 0) is 47.7 Å². The number of benzene rings is 2. The average molecular weight is 330 g/mol. The molecule has 0 spiro atoms. The maximum absolute atomic E-state index is 13.7. The molecule has 0 unspecified atom stereocenters. The van der Waals surface area contributed by atoms with Crippen LogP contribution in [0.5, 0.6) is 0 Å². The second-order valence-corrected chi connectivity index (χ2v) is 5.32. The number of hydrogen-bond donors (Lipinski definition) is 1. The summed E-state index contributed by atoms with van der Waals surface area (Å²) in [6.45, 7) is 2.01. The molecule has 1 N–H and O–H groups in total. The SMILES string of the molecule is Cc1ccc(-n2nnnc2C=CNc2ccc(Cl)cc2F)cc1. The molecule has 0 aliphatic carbocycles. The van der Waals surface area contributed by atoms with Crippen LogP contribution in [0.3, 0.4) is 0 Å². The molecular formula is C16H13ClFN5. The quantitative estimate of drug-likeness (QED) is 0.790. The molecule has 1 aromatic heterocycles. The van der Waals surface area contributed by atoms with E-state index < -0.39 is 5.82 Å². The molecule has 7 heteroatoms. The van der Waals surface area contributed by atoms with Crippen LogP contribution in [0.1, 0.15) is 11.4 Å². The number of rotatable bonds is 4. The van der Waals surface area contributed by atoms with Gasteiger partial charge in [-0.15, -0.1) is 5.10 Å². The van der Waals surface area contributed by atoms with E-state index in [0.29, 0.717) is 16.5 Å². The lowest BCUT2D eigenvalue weighted by molar-refractivity contribution is 0.632. The van der Waals surface area contributed by atoms with Crippen LogP contribution >= 0.6 is 11.6 Å². The largest absolute Gasteiger partial charge is 0.359 e. The Kier molecular flexibility index (Phi) is 4.34. The standard InChI is InChI=1S/C16H13ClFN5/c1-11-2-5-13(6-3-11)23-16(20-21-22-23)8-9-19-15-7-4-12(17)10-14(15)18/h2-10,19H,1H3. The Balaban J connectivity index is 1.78. The van der Waals surface area contributed by atoms with Gasteiger partial charge < -0.3 is 5.32 Å². The number of aromatic nitrogens is 4. The third kappa shape index (κ3) is 3.54. The second kappa shape index (κ2) is 6.58. The molecule has 0 fully saturated rings. The lowest BCUT2D eigenvalue weighted by Crippen LogP contribution is -2.00. The summed E-state index contributed by atoms with van der Waals surface area (Å²) in [5.41, 5.74) is 2.32. The first-order valence-electron chi connectivity index (χ1n) is 6.87. The summed E-state index contributed by atoms with van der Waals surface area (Å²) in [7, 11) is 0. The van der Waals surface area contributed by atoms with Crippen LogP contribution in [0.15, 0.2) is 48.7 Å². The van der Waals surface area contributed by atoms with Crippen LogP contribution in [-0.4, -0.2) is 20.2 Å². The fourth-order valence-electron chi connectivity index (χ4n) is 1.98. The van der Waals surface area contributed by atoms with Crippen LogP contribution in [0.4, 0.5) is 10.1 Å². The minimum absolute atomic E-state index is 0.319. The van der Waals surface area contributed by atoms with Gasteiger partial charge in [-0.1, -0.05) is 29.3 Å². The fourth-order valence-corrected chi connectivity index (χ4v) is 2.14. The topological polar surface area (TPSA) is 55.6 Å². The van der Waals surface area contributed by atoms with Gasteiger partial charge in [-0.25, -0.2) is 4.39 Å². The van der Waals surface area contributed by atoms with E-state index in [0.717, 1.165) is 11.3 Å². The molecule has 2 aromatic carbocycles. The molecule has 23 heavy (non-hydrogen) atoms. The third-order valence-electron chi connectivity index (χ3n) is 3.17. The van der Waals surface area contributed by atoms with Gasteiger partial charge in [0.15, 0.2) is 5.82 Å². The highest BCUT2D eigenvalue weighted by molar-refractivity contribution is 6.30. The Hall–Kier alpha value is -2.73. The molecule has 3 rings (SSSR count). The lowest BCUT2D eigenvalue weighted by atomic mass is 10.2. The number of hydrogen-bond acceptors (Lipinski definition) is 4. The summed E-state index contributed by atoms with van der Waals surface area (Å²) in [5, 5.41) is 14.8. The van der Waals surface area contributed by atoms with E-state index in [4.69, 9.17) is 11.6 Å². The summed E-state index contributed by atoms with van der Waals surface area (Å²) < 4.78 is 15.3. The molecular weight excluding hydrogens is 317 g/mol. The van der Waals surface area contributed by atoms with E-state index in [1.54, 1.807) is 29.1 Å². The van der Waals surface area contributed by atoms with Crippen molar-refractivity contribution in [3.8, 4) is 5.69 Å². The summed E-state index contributed by atoms with van der Waals surface area (Å²) in [4.78, 5) is 0. The van der Waals surface area contributed by atoms with E-state index in [1.165, 1.54) is 6.07 Å². The molecule has 3 aromatic rings. The first-order valence-corrected chi connectivity index (χ1v) is 7.25. The summed E-state index contributed by atoms with van der Waals surface area (Å²) in [6.07, 6.45) is 3.23. The highest BCUT2D eigenvalue weighted by atomic mass is 35.5. The minimum atomic E-state index is -0.430. The maximum atomic E-state index is 13.7. The van der Waals surface area contributed by atoms with Gasteiger partial charge in [0, 0.05) is 17.3 Å². The predicted molar refractivity (Wildman–Crippen MR) is 88.0 cm³/mol. The average Bonchev–Trinajstić information content (AvgIpc) is 2.99. The van der Waals surface area contributed by atoms with E-state index in [2.05, 4.69) is 20.8 Å². The van der Waals surface area contributed by atoms with Crippen molar-refractivity contribution in [3.05, 3.63) is 70.9 Å². The number of anilines is 1. The Labute approximate surface area is 137 Å². The molecule has 0 radical (unpaired) electrons. The minimum Gasteiger partial charge on any atom is -0.359 e. The molecule has 1 heterocycles. The zero-order chi connectivity index (χ0) is 16.2. The normalized spacial score (nSPS) is 11.1. The summed E-state index contributed by atoms with van der Waals surface area (Å²) in [5.74, 6) is 0.0935. The Bertz CT molecular complexity index is 842. The van der Waals surface area contributed by atoms with Gasteiger partial charge in [0.25, 0.3) is 0 Å². The fraction of sp³-hybridized carbons (Fsp3) is 0.0625. The van der Waals surface area contributed by atoms with E-state index in [9.17, 15) is 4.39 Å². The molecule has 0 saturated carbocycles. The van der Waals surface area contributed by atoms with E-state index in [-0.39, 0.29) is 0 Å². The zero-order valence-corrected chi connectivity index (χ0v) is 13.0. The number of nitrogens with one attached hydrogen (secondary N) is 1. The van der Waals surface area contributed by atoms with Crippen molar-refractivity contribution in [2.45, 2.75) is 6.92 Å². The molecule has 0 amide bonds. The van der Waals surface area contributed by atoms with Crippen LogP contribution < -0.4 is 5.32 Å². The number of nitrogens with zero attached hydrogens (tertiary/aromatic N) is 4. The van der Waals surface area contributed by atoms with Crippen molar-refractivity contribution in [2.24, 2.45) is 0 Å². The van der Waals surface area contributed by atoms with Crippen molar-refractivity contribution in [2.75, 3.05) is 5.32 Å². The van der Waals surface area contributed by atoms with Crippen molar-refractivity contribution in [3.63, 3.8) is 0 Å². The first kappa shape index (κ1) is 15.2. The van der Waals surface area contributed by atoms with Crippen LogP contribution in [0.2, 0.25) is 5.02 Å². The first-order chi connectivity index (χ1) is 11.1. The van der Waals surface area contributed by atoms with Gasteiger partial charge in [-0.2, -0.15) is 4.68 Å². The lowest BCUT2D eigenvalue weighted by Gasteiger charge is -2.04. The van der Waals surface area contributed by atoms with Gasteiger partial charge in [-0.3, -0.25) is 0 Å². The van der Waals surface area contributed by atoms with Crippen LogP contribution in [0.25, 0.3) is 11.8 Å². The second-order valence-electron chi connectivity index (χ2n) is 4.89. The molecule has 0 bridgehead atoms. The van der Waals surface area contributed by atoms with Gasteiger partial charge in [0.1, 0.15) is 5.82 Å². The van der Waals surface area contributed by atoms with Crippen molar-refractivity contribution in [1.82, 2.24) is 20.2 Å². The van der Waals surface area contributed by atoms with Gasteiger partial charge in [0.05, 0.1) is 11.4 Å². The Morgan fingerprint density at radius 2 is 1.96 bits per heavy atom. The zero-order valence-electron chi connectivity index (χ0n) is 12.2. The summed E-state index contributed by atoms with van der Waals surface area (Å²) in [6, 6.07) is 12.2. The Morgan fingerprint density at radius 1 is 1.17 bits per heavy atom. The van der Waals surface area contributed by atoms with Crippen LogP contribution in [0, 0.1) is 12.7 Å². The molecule has 0 aliphatic heterocycles. The molecule has 5 nitrogen and oxygen atoms in total. The predicted octanol–water partition coefficient (Wildman–Crippen LogP) is 3.85. The highest BCUT2D eigenvalue weighted by Gasteiger charge is 2.05. The van der Waals surface area contributed by atoms with Crippen molar-refractivity contribution >= 4 is 23.4 Å². The van der Waals surface area contributed by atoms with Gasteiger partial charge >= 0.3 is 0 Å². The summed E-state index contributed by atoms with van der Waals surface area (Å²) >= 11 is 5.72. The highest BCUT2D eigenvalue weighted by Crippen LogP contribution is 2.19. The van der Waals surface area contributed by atoms with E-state index >= 15 is 0 Å². The van der Waals surface area contributed by atoms with E-state index in [1.807, 2.05) is 31.2 Å². The van der Waals surface area contributed by atoms with Crippen LogP contribution in [-0.2, 0) is 0 Å². The van der Waals surface area contributed by atoms with Crippen molar-refractivity contribution < 1.29 is 4.39 Å². The molecule has 116 valence electrons. The molecule has 0 atom stereocenters.